The lowest BCUT2D eigenvalue weighted by Gasteiger charge is -2.18. The molecule has 0 aliphatic heterocycles. The summed E-state index contributed by atoms with van der Waals surface area (Å²) in [5.74, 6) is -0.259. The summed E-state index contributed by atoms with van der Waals surface area (Å²) < 4.78 is 2.85. The summed E-state index contributed by atoms with van der Waals surface area (Å²) in [6.45, 7) is 5.53. The molecule has 0 radical (unpaired) electrons. The third-order valence-corrected chi connectivity index (χ3v) is 3.12. The number of aromatic nitrogens is 3. The SMILES string of the molecule is CC[C@@H](C(=O)Nn1c(C)cc(C)cc1=O)n1cccn1. The minimum absolute atomic E-state index is 0.244. The molecular weight excluding hydrogens is 256 g/mol. The van der Waals surface area contributed by atoms with Crippen molar-refractivity contribution in [3.8, 4) is 0 Å². The van der Waals surface area contributed by atoms with Crippen LogP contribution < -0.4 is 11.0 Å². The summed E-state index contributed by atoms with van der Waals surface area (Å²) >= 11 is 0. The number of nitrogens with one attached hydrogen (secondary N) is 1. The molecule has 0 unspecified atom stereocenters. The van der Waals surface area contributed by atoms with Gasteiger partial charge in [0.25, 0.3) is 11.5 Å². The molecule has 0 aliphatic rings. The Morgan fingerprint density at radius 2 is 2.15 bits per heavy atom. The number of hydrogen-bond donors (Lipinski definition) is 1. The van der Waals surface area contributed by atoms with Gasteiger partial charge in [0.15, 0.2) is 0 Å². The van der Waals surface area contributed by atoms with Crippen molar-refractivity contribution in [2.24, 2.45) is 0 Å². The highest BCUT2D eigenvalue weighted by molar-refractivity contribution is 5.87. The lowest BCUT2D eigenvalue weighted by atomic mass is 10.2. The number of rotatable bonds is 4. The molecular formula is C14H18N4O2. The van der Waals surface area contributed by atoms with Gasteiger partial charge in [-0.1, -0.05) is 6.92 Å². The maximum absolute atomic E-state index is 12.3. The van der Waals surface area contributed by atoms with Gasteiger partial charge in [0.05, 0.1) is 0 Å². The summed E-state index contributed by atoms with van der Waals surface area (Å²) in [5, 5.41) is 4.08. The molecule has 0 aliphatic carbocycles. The van der Waals surface area contributed by atoms with Gasteiger partial charge < -0.3 is 0 Å². The van der Waals surface area contributed by atoms with E-state index in [2.05, 4.69) is 10.5 Å². The fraction of sp³-hybridized carbons (Fsp3) is 0.357. The van der Waals surface area contributed by atoms with Gasteiger partial charge in [-0.3, -0.25) is 19.7 Å². The molecule has 6 nitrogen and oxygen atoms in total. The van der Waals surface area contributed by atoms with Crippen LogP contribution in [0.15, 0.2) is 35.4 Å². The quantitative estimate of drug-likeness (QED) is 0.915. The van der Waals surface area contributed by atoms with Crippen LogP contribution in [0.2, 0.25) is 0 Å². The van der Waals surface area contributed by atoms with Crippen LogP contribution in [0.25, 0.3) is 0 Å². The first-order valence-corrected chi connectivity index (χ1v) is 6.53. The minimum Gasteiger partial charge on any atom is -0.271 e. The molecule has 0 aromatic carbocycles. The molecule has 1 amide bonds. The van der Waals surface area contributed by atoms with Gasteiger partial charge in [-0.25, -0.2) is 4.68 Å². The first kappa shape index (κ1) is 14.0. The van der Waals surface area contributed by atoms with Crippen molar-refractivity contribution >= 4 is 5.91 Å². The highest BCUT2D eigenvalue weighted by Gasteiger charge is 2.19. The topological polar surface area (TPSA) is 68.9 Å². The van der Waals surface area contributed by atoms with E-state index in [0.717, 1.165) is 5.56 Å². The molecule has 20 heavy (non-hydrogen) atoms. The van der Waals surface area contributed by atoms with E-state index in [-0.39, 0.29) is 11.5 Å². The molecule has 2 aromatic heterocycles. The van der Waals surface area contributed by atoms with Gasteiger partial charge in [-0.2, -0.15) is 5.10 Å². The van der Waals surface area contributed by atoms with E-state index in [1.54, 1.807) is 30.1 Å². The van der Waals surface area contributed by atoms with Gasteiger partial charge in [-0.15, -0.1) is 0 Å². The Bertz CT molecular complexity index is 658. The molecule has 0 saturated heterocycles. The van der Waals surface area contributed by atoms with E-state index >= 15 is 0 Å². The van der Waals surface area contributed by atoms with Crippen LogP contribution >= 0.6 is 0 Å². The van der Waals surface area contributed by atoms with Crippen LogP contribution in [-0.4, -0.2) is 20.4 Å². The molecule has 0 spiro atoms. The van der Waals surface area contributed by atoms with Crippen molar-refractivity contribution < 1.29 is 4.79 Å². The number of pyridine rings is 1. The number of aryl methyl sites for hydroxylation is 2. The number of amides is 1. The second-order valence-electron chi connectivity index (χ2n) is 4.73. The van der Waals surface area contributed by atoms with Gasteiger partial charge in [-0.05, 0) is 38.0 Å². The van der Waals surface area contributed by atoms with Crippen LogP contribution in [0.5, 0.6) is 0 Å². The van der Waals surface area contributed by atoms with Crippen molar-refractivity contribution in [1.29, 1.82) is 0 Å². The predicted octanol–water partition coefficient (Wildman–Crippen LogP) is 1.38. The zero-order valence-electron chi connectivity index (χ0n) is 11.8. The van der Waals surface area contributed by atoms with Crippen molar-refractivity contribution in [2.45, 2.75) is 33.2 Å². The fourth-order valence-corrected chi connectivity index (χ4v) is 2.15. The number of carbonyl (C=O) groups excluding carboxylic acids is 1. The third kappa shape index (κ3) is 2.79. The van der Waals surface area contributed by atoms with Crippen LogP contribution in [0.4, 0.5) is 0 Å². The summed E-state index contributed by atoms with van der Waals surface area (Å²) in [5.41, 5.74) is 3.97. The first-order valence-electron chi connectivity index (χ1n) is 6.53. The van der Waals surface area contributed by atoms with Gasteiger partial charge in [0.2, 0.25) is 0 Å². The van der Waals surface area contributed by atoms with Gasteiger partial charge in [0.1, 0.15) is 6.04 Å². The van der Waals surface area contributed by atoms with Gasteiger partial charge in [0, 0.05) is 24.2 Å². The normalized spacial score (nSPS) is 12.2. The van der Waals surface area contributed by atoms with E-state index in [0.29, 0.717) is 12.1 Å². The van der Waals surface area contributed by atoms with Crippen molar-refractivity contribution in [2.75, 3.05) is 5.43 Å². The lowest BCUT2D eigenvalue weighted by molar-refractivity contribution is -0.120. The van der Waals surface area contributed by atoms with E-state index < -0.39 is 6.04 Å². The summed E-state index contributed by atoms with van der Waals surface area (Å²) in [7, 11) is 0. The number of hydrogen-bond acceptors (Lipinski definition) is 3. The van der Waals surface area contributed by atoms with Crippen LogP contribution in [0.1, 0.15) is 30.6 Å². The average molecular weight is 274 g/mol. The Morgan fingerprint density at radius 3 is 2.70 bits per heavy atom. The Morgan fingerprint density at radius 1 is 1.40 bits per heavy atom. The molecule has 2 rings (SSSR count). The molecule has 0 bridgehead atoms. The molecule has 106 valence electrons. The number of nitrogens with zero attached hydrogens (tertiary/aromatic N) is 3. The Kier molecular flexibility index (Phi) is 4.02. The van der Waals surface area contributed by atoms with Crippen LogP contribution in [-0.2, 0) is 4.79 Å². The molecule has 1 N–H and O–H groups in total. The standard InChI is InChI=1S/C14H18N4O2/c1-4-12(17-7-5-6-15-17)14(20)16-18-11(3)8-10(2)9-13(18)19/h5-9,12H,4H2,1-3H3,(H,16,20)/t12-/m0/s1. The average Bonchev–Trinajstić information content (AvgIpc) is 2.88. The van der Waals surface area contributed by atoms with Crippen molar-refractivity contribution in [3.63, 3.8) is 0 Å². The second-order valence-corrected chi connectivity index (χ2v) is 4.73. The predicted molar refractivity (Wildman–Crippen MR) is 76.1 cm³/mol. The Labute approximate surface area is 117 Å². The van der Waals surface area contributed by atoms with E-state index in [1.807, 2.05) is 19.9 Å². The first-order chi connectivity index (χ1) is 9.52. The number of carbonyl (C=O) groups is 1. The van der Waals surface area contributed by atoms with E-state index in [9.17, 15) is 9.59 Å². The Balaban J connectivity index is 2.26. The zero-order chi connectivity index (χ0) is 14.7. The van der Waals surface area contributed by atoms with Crippen LogP contribution in [0.3, 0.4) is 0 Å². The minimum atomic E-state index is -0.433. The fourth-order valence-electron chi connectivity index (χ4n) is 2.15. The molecule has 6 heteroatoms. The maximum atomic E-state index is 12.3. The summed E-state index contributed by atoms with van der Waals surface area (Å²) in [6, 6.07) is 4.66. The maximum Gasteiger partial charge on any atom is 0.269 e. The molecule has 2 aromatic rings. The lowest BCUT2D eigenvalue weighted by Crippen LogP contribution is -2.38. The second kappa shape index (κ2) is 5.73. The highest BCUT2D eigenvalue weighted by atomic mass is 16.2. The van der Waals surface area contributed by atoms with E-state index in [4.69, 9.17) is 0 Å². The third-order valence-electron chi connectivity index (χ3n) is 3.12. The molecule has 0 fully saturated rings. The summed E-state index contributed by atoms with van der Waals surface area (Å²) in [6.07, 6.45) is 3.95. The Hall–Kier alpha value is -2.37. The molecule has 2 heterocycles. The molecule has 1 atom stereocenters. The molecule has 0 saturated carbocycles. The largest absolute Gasteiger partial charge is 0.271 e. The van der Waals surface area contributed by atoms with Crippen molar-refractivity contribution in [3.05, 3.63) is 52.2 Å². The summed E-state index contributed by atoms with van der Waals surface area (Å²) in [4.78, 5) is 24.2. The van der Waals surface area contributed by atoms with Crippen LogP contribution in [0, 0.1) is 13.8 Å². The van der Waals surface area contributed by atoms with Gasteiger partial charge >= 0.3 is 0 Å². The zero-order valence-corrected chi connectivity index (χ0v) is 11.8. The monoisotopic (exact) mass is 274 g/mol. The van der Waals surface area contributed by atoms with Crippen molar-refractivity contribution in [1.82, 2.24) is 14.5 Å². The highest BCUT2D eigenvalue weighted by Crippen LogP contribution is 2.10. The smallest absolute Gasteiger partial charge is 0.269 e. The van der Waals surface area contributed by atoms with E-state index in [1.165, 1.54) is 10.7 Å².